The molecule has 0 unspecified atom stereocenters. The Balaban J connectivity index is 0.000000616. The molecule has 14 heteroatoms. The Bertz CT molecular complexity index is 1490. The maximum absolute atomic E-state index is 12.6. The number of H-pyrrole nitrogens is 1. The second-order valence-corrected chi connectivity index (χ2v) is 8.64. The molecule has 0 atom stereocenters. The number of nitrogens with two attached hydrogens (primary N) is 1. The van der Waals surface area contributed by atoms with Gasteiger partial charge in [-0.3, -0.25) is 14.7 Å². The fourth-order valence-electron chi connectivity index (χ4n) is 3.39. The lowest BCUT2D eigenvalue weighted by atomic mass is 10.1. The number of nitrogens with zero attached hydrogens (tertiary/aromatic N) is 2. The van der Waals surface area contributed by atoms with Crippen LogP contribution in [0.4, 0.5) is 18.9 Å². The van der Waals surface area contributed by atoms with Crippen LogP contribution >= 0.6 is 0 Å². The molecule has 11 nitrogen and oxygen atoms in total. The van der Waals surface area contributed by atoms with E-state index < -0.39 is 12.1 Å². The highest BCUT2D eigenvalue weighted by Gasteiger charge is 2.38. The molecule has 0 aliphatic carbocycles. The number of halogens is 3. The van der Waals surface area contributed by atoms with Gasteiger partial charge in [0.25, 0.3) is 5.91 Å². The van der Waals surface area contributed by atoms with E-state index in [0.717, 1.165) is 22.4 Å². The molecule has 0 aliphatic rings. The smallest absolute Gasteiger partial charge is 0.490 e. The molecule has 0 saturated heterocycles. The van der Waals surface area contributed by atoms with Crippen LogP contribution in [0.2, 0.25) is 0 Å². The van der Waals surface area contributed by atoms with Gasteiger partial charge in [0.1, 0.15) is 11.6 Å². The first kappa shape index (κ1) is 31.3. The highest BCUT2D eigenvalue weighted by atomic mass is 19.4. The minimum Gasteiger partial charge on any atom is -0.497 e. The van der Waals surface area contributed by atoms with Crippen molar-refractivity contribution < 1.29 is 37.4 Å². The van der Waals surface area contributed by atoms with Crippen molar-refractivity contribution in [2.24, 2.45) is 5.73 Å². The van der Waals surface area contributed by atoms with E-state index in [2.05, 4.69) is 25.8 Å². The predicted octanol–water partition coefficient (Wildman–Crippen LogP) is 3.68. The van der Waals surface area contributed by atoms with Gasteiger partial charge < -0.3 is 26.2 Å². The maximum atomic E-state index is 12.6. The van der Waals surface area contributed by atoms with Gasteiger partial charge in [-0.05, 0) is 59.7 Å². The van der Waals surface area contributed by atoms with E-state index in [-0.39, 0.29) is 24.8 Å². The van der Waals surface area contributed by atoms with Gasteiger partial charge in [-0.2, -0.15) is 18.3 Å². The zero-order valence-electron chi connectivity index (χ0n) is 22.2. The number of carboxylic acids is 1. The molecule has 0 saturated carbocycles. The summed E-state index contributed by atoms with van der Waals surface area (Å²) in [6.07, 6.45) is -4.80. The Morgan fingerprint density at radius 2 is 1.55 bits per heavy atom. The molecular weight excluding hydrogens is 557 g/mol. The molecule has 4 aromatic rings. The average Bonchev–Trinajstić information content (AvgIpc) is 3.46. The fraction of sp³-hybridized carbons (Fsp3) is 0.179. The van der Waals surface area contributed by atoms with Crippen molar-refractivity contribution in [3.8, 4) is 17.1 Å². The SMILES string of the molecule is COc1ccc(CC(=O)NCc2ccc(C(=O)Nc3ccc(-c4n[nH]c(CN)n4)cc3)cc2)cc1.O=C(O)C(F)(F)F. The molecular formula is C28H27F3N6O5. The van der Waals surface area contributed by atoms with Gasteiger partial charge in [0, 0.05) is 23.4 Å². The van der Waals surface area contributed by atoms with Crippen molar-refractivity contribution >= 4 is 23.5 Å². The first-order valence-electron chi connectivity index (χ1n) is 12.3. The van der Waals surface area contributed by atoms with Crippen LogP contribution in [-0.2, 0) is 29.1 Å². The number of carboxylic acid groups (broad SMARTS) is 1. The summed E-state index contributed by atoms with van der Waals surface area (Å²) in [7, 11) is 1.60. The van der Waals surface area contributed by atoms with Crippen LogP contribution in [0.15, 0.2) is 72.8 Å². The number of alkyl halides is 3. The molecule has 6 N–H and O–H groups in total. The van der Waals surface area contributed by atoms with Crippen LogP contribution in [0.5, 0.6) is 5.75 Å². The molecule has 1 aromatic heterocycles. The minimum absolute atomic E-state index is 0.0790. The van der Waals surface area contributed by atoms with Crippen LogP contribution in [0.25, 0.3) is 11.4 Å². The van der Waals surface area contributed by atoms with Crippen molar-refractivity contribution in [2.75, 3.05) is 12.4 Å². The number of nitrogens with one attached hydrogen (secondary N) is 3. The largest absolute Gasteiger partial charge is 0.497 e. The van der Waals surface area contributed by atoms with Crippen molar-refractivity contribution in [1.29, 1.82) is 0 Å². The number of hydrogen-bond donors (Lipinski definition) is 5. The Kier molecular flexibility index (Phi) is 10.7. The molecule has 0 aliphatic heterocycles. The van der Waals surface area contributed by atoms with Crippen LogP contribution < -0.4 is 21.1 Å². The lowest BCUT2D eigenvalue weighted by molar-refractivity contribution is -0.192. The van der Waals surface area contributed by atoms with Gasteiger partial charge >= 0.3 is 12.1 Å². The monoisotopic (exact) mass is 584 g/mol. The Hall–Kier alpha value is -5.24. The van der Waals surface area contributed by atoms with Crippen LogP contribution in [-0.4, -0.2) is 51.4 Å². The lowest BCUT2D eigenvalue weighted by Gasteiger charge is -2.08. The van der Waals surface area contributed by atoms with Gasteiger partial charge in [0.15, 0.2) is 5.82 Å². The molecule has 1 heterocycles. The van der Waals surface area contributed by atoms with E-state index in [1.807, 2.05) is 48.5 Å². The molecule has 3 aromatic carbocycles. The van der Waals surface area contributed by atoms with E-state index in [1.54, 1.807) is 31.4 Å². The number of aromatic amines is 1. The number of rotatable bonds is 9. The van der Waals surface area contributed by atoms with E-state index in [9.17, 15) is 22.8 Å². The number of methoxy groups -OCH3 is 1. The number of amides is 2. The number of aliphatic carboxylic acids is 1. The number of ether oxygens (including phenoxy) is 1. The summed E-state index contributed by atoms with van der Waals surface area (Å²) < 4.78 is 36.9. The lowest BCUT2D eigenvalue weighted by Crippen LogP contribution is -2.24. The van der Waals surface area contributed by atoms with Gasteiger partial charge in [0.05, 0.1) is 20.1 Å². The summed E-state index contributed by atoms with van der Waals surface area (Å²) in [4.78, 5) is 38.0. The quantitative estimate of drug-likeness (QED) is 0.198. The second-order valence-electron chi connectivity index (χ2n) is 8.64. The zero-order valence-corrected chi connectivity index (χ0v) is 22.2. The van der Waals surface area contributed by atoms with Gasteiger partial charge in [-0.1, -0.05) is 24.3 Å². The Labute approximate surface area is 237 Å². The maximum Gasteiger partial charge on any atom is 0.490 e. The zero-order chi connectivity index (χ0) is 30.7. The minimum atomic E-state index is -5.08. The summed E-state index contributed by atoms with van der Waals surface area (Å²) in [5, 5.41) is 19.8. The third kappa shape index (κ3) is 9.45. The fourth-order valence-corrected chi connectivity index (χ4v) is 3.39. The van der Waals surface area contributed by atoms with Gasteiger partial charge in [-0.15, -0.1) is 0 Å². The average molecular weight is 585 g/mol. The van der Waals surface area contributed by atoms with Crippen molar-refractivity contribution in [3.63, 3.8) is 0 Å². The van der Waals surface area contributed by atoms with Gasteiger partial charge in [0.2, 0.25) is 5.91 Å². The van der Waals surface area contributed by atoms with E-state index in [4.69, 9.17) is 20.4 Å². The molecule has 220 valence electrons. The van der Waals surface area contributed by atoms with Crippen molar-refractivity contribution in [1.82, 2.24) is 20.5 Å². The molecule has 0 fully saturated rings. The van der Waals surface area contributed by atoms with E-state index >= 15 is 0 Å². The number of carbonyl (C=O) groups excluding carboxylic acids is 2. The molecule has 42 heavy (non-hydrogen) atoms. The topological polar surface area (TPSA) is 172 Å². The van der Waals surface area contributed by atoms with Crippen LogP contribution in [0.3, 0.4) is 0 Å². The van der Waals surface area contributed by atoms with Gasteiger partial charge in [-0.25, -0.2) is 9.78 Å². The highest BCUT2D eigenvalue weighted by molar-refractivity contribution is 6.04. The number of hydrogen-bond acceptors (Lipinski definition) is 7. The molecule has 2 amide bonds. The number of aromatic nitrogens is 3. The first-order valence-corrected chi connectivity index (χ1v) is 12.3. The summed E-state index contributed by atoms with van der Waals surface area (Å²) in [6.45, 7) is 0.668. The predicted molar refractivity (Wildman–Crippen MR) is 146 cm³/mol. The van der Waals surface area contributed by atoms with E-state index in [1.165, 1.54) is 0 Å². The number of benzene rings is 3. The third-order valence-electron chi connectivity index (χ3n) is 5.60. The van der Waals surface area contributed by atoms with Crippen molar-refractivity contribution in [2.45, 2.75) is 25.7 Å². The standard InChI is InChI=1S/C26H26N6O3.C2HF3O2/c1-35-22-12-4-17(5-13-22)14-24(33)28-16-18-2-6-20(7-3-18)26(34)29-21-10-8-19(9-11-21)25-30-23(15-27)31-32-25;3-2(4,5)1(6)7/h2-13H,14-16,27H2,1H3,(H,28,33)(H,29,34)(H,30,31,32);(H,6,7). The first-order chi connectivity index (χ1) is 20.0. The van der Waals surface area contributed by atoms with Crippen LogP contribution in [0, 0.1) is 0 Å². The summed E-state index contributed by atoms with van der Waals surface area (Å²) in [6, 6.07) is 21.7. The molecule has 0 bridgehead atoms. The van der Waals surface area contributed by atoms with Crippen molar-refractivity contribution in [3.05, 3.63) is 95.3 Å². The Morgan fingerprint density at radius 3 is 2.07 bits per heavy atom. The summed E-state index contributed by atoms with van der Waals surface area (Å²) >= 11 is 0. The highest BCUT2D eigenvalue weighted by Crippen LogP contribution is 2.19. The molecule has 0 radical (unpaired) electrons. The molecule has 4 rings (SSSR count). The van der Waals surface area contributed by atoms with E-state index in [0.29, 0.717) is 29.4 Å². The third-order valence-corrected chi connectivity index (χ3v) is 5.60. The molecule has 0 spiro atoms. The van der Waals surface area contributed by atoms with Crippen LogP contribution in [0.1, 0.15) is 27.3 Å². The number of anilines is 1. The Morgan fingerprint density at radius 1 is 0.952 bits per heavy atom. The number of carbonyl (C=O) groups is 3. The second kappa shape index (κ2) is 14.4. The normalized spacial score (nSPS) is 10.7. The summed E-state index contributed by atoms with van der Waals surface area (Å²) in [5.74, 6) is -1.15. The summed E-state index contributed by atoms with van der Waals surface area (Å²) in [5.41, 5.74) is 9.35.